The number of rotatable bonds is 6. The zero-order chi connectivity index (χ0) is 16.8. The van der Waals surface area contributed by atoms with E-state index in [0.29, 0.717) is 10.9 Å². The van der Waals surface area contributed by atoms with Crippen molar-refractivity contribution in [2.45, 2.75) is 50.3 Å². The van der Waals surface area contributed by atoms with Crippen LogP contribution in [0.2, 0.25) is 0 Å². The van der Waals surface area contributed by atoms with E-state index in [-0.39, 0.29) is 13.0 Å². The summed E-state index contributed by atoms with van der Waals surface area (Å²) in [5.41, 5.74) is 1.12. The zero-order valence-electron chi connectivity index (χ0n) is 13.2. The van der Waals surface area contributed by atoms with Crippen molar-refractivity contribution < 1.29 is 19.7 Å². The Kier molecular flexibility index (Phi) is 7.32. The van der Waals surface area contributed by atoms with Crippen LogP contribution in [0, 0.1) is 0 Å². The summed E-state index contributed by atoms with van der Waals surface area (Å²) in [6.45, 7) is 5.57. The Morgan fingerprint density at radius 2 is 2.05 bits per heavy atom. The number of nitrogens with one attached hydrogen (secondary N) is 1. The topological polar surface area (TPSA) is 78.8 Å². The number of alkyl halides is 1. The fraction of sp³-hybridized carbons (Fsp3) is 0.562. The largest absolute Gasteiger partial charge is 0.444 e. The van der Waals surface area contributed by atoms with Gasteiger partial charge in [-0.05, 0) is 38.3 Å². The lowest BCUT2D eigenvalue weighted by molar-refractivity contribution is 0.0123. The molecule has 22 heavy (non-hydrogen) atoms. The summed E-state index contributed by atoms with van der Waals surface area (Å²) in [7, 11) is 0. The molecular weight excluding hydrogens is 350 g/mol. The highest BCUT2D eigenvalue weighted by molar-refractivity contribution is 9.08. The molecule has 0 radical (unpaired) electrons. The van der Waals surface area contributed by atoms with E-state index in [9.17, 15) is 15.0 Å². The Labute approximate surface area is 139 Å². The van der Waals surface area contributed by atoms with E-state index in [4.69, 9.17) is 4.74 Å². The first-order valence-electron chi connectivity index (χ1n) is 7.20. The highest BCUT2D eigenvalue weighted by Crippen LogP contribution is 2.20. The number of carbonyl (C=O) groups excluding carboxylic acids is 1. The minimum absolute atomic E-state index is 0.227. The lowest BCUT2D eigenvalue weighted by Crippen LogP contribution is -2.34. The highest BCUT2D eigenvalue weighted by atomic mass is 79.9. The number of aliphatic hydroxyl groups excluding tert-OH is 2. The van der Waals surface area contributed by atoms with Gasteiger partial charge in [0.1, 0.15) is 11.7 Å². The van der Waals surface area contributed by atoms with Gasteiger partial charge < -0.3 is 20.3 Å². The van der Waals surface area contributed by atoms with Gasteiger partial charge >= 0.3 is 6.09 Å². The standard InChI is InChI=1S/C16H24BrNO4/c1-16(2,3)22-15(21)18-8-7-13(19)14(20)12-6-4-5-11(9-12)10-17/h4-6,9,13-14,19-20H,7-8,10H2,1-3H3,(H,18,21). The summed E-state index contributed by atoms with van der Waals surface area (Å²) in [5.74, 6) is 0. The van der Waals surface area contributed by atoms with Gasteiger partial charge in [-0.15, -0.1) is 0 Å². The number of carbonyl (C=O) groups is 1. The molecule has 1 rings (SSSR count). The minimum atomic E-state index is -0.987. The molecule has 1 aromatic rings. The van der Waals surface area contributed by atoms with Crippen LogP contribution in [0.5, 0.6) is 0 Å². The molecule has 0 fully saturated rings. The summed E-state index contributed by atoms with van der Waals surface area (Å²) in [6, 6.07) is 7.37. The number of ether oxygens (including phenoxy) is 1. The third-order valence-corrected chi connectivity index (χ3v) is 3.57. The Morgan fingerprint density at radius 1 is 1.36 bits per heavy atom. The SMILES string of the molecule is CC(C)(C)OC(=O)NCCC(O)C(O)c1cccc(CBr)c1. The summed E-state index contributed by atoms with van der Waals surface area (Å²) < 4.78 is 5.10. The van der Waals surface area contributed by atoms with Crippen LogP contribution in [-0.4, -0.2) is 34.6 Å². The van der Waals surface area contributed by atoms with Gasteiger partial charge in [-0.1, -0.05) is 40.2 Å². The van der Waals surface area contributed by atoms with E-state index in [0.717, 1.165) is 5.56 Å². The molecule has 0 heterocycles. The highest BCUT2D eigenvalue weighted by Gasteiger charge is 2.20. The number of alkyl carbamates (subject to hydrolysis) is 1. The molecule has 0 saturated carbocycles. The molecule has 0 spiro atoms. The first-order valence-corrected chi connectivity index (χ1v) is 8.33. The number of benzene rings is 1. The lowest BCUT2D eigenvalue weighted by atomic mass is 10.0. The van der Waals surface area contributed by atoms with Crippen molar-refractivity contribution in [1.82, 2.24) is 5.32 Å². The molecule has 2 unspecified atom stereocenters. The van der Waals surface area contributed by atoms with Gasteiger partial charge in [-0.25, -0.2) is 4.79 Å². The quantitative estimate of drug-likeness (QED) is 0.669. The molecule has 0 aromatic heterocycles. The molecule has 1 amide bonds. The van der Waals surface area contributed by atoms with E-state index in [1.54, 1.807) is 26.8 Å². The molecule has 1 aromatic carbocycles. The van der Waals surface area contributed by atoms with E-state index >= 15 is 0 Å². The van der Waals surface area contributed by atoms with Gasteiger partial charge in [-0.3, -0.25) is 0 Å². The Hall–Kier alpha value is -1.11. The van der Waals surface area contributed by atoms with Crippen LogP contribution < -0.4 is 5.32 Å². The van der Waals surface area contributed by atoms with Gasteiger partial charge in [0.2, 0.25) is 0 Å². The molecule has 0 bridgehead atoms. The van der Waals surface area contributed by atoms with Crippen molar-refractivity contribution in [3.63, 3.8) is 0 Å². The van der Waals surface area contributed by atoms with E-state index < -0.39 is 23.9 Å². The number of halogens is 1. The van der Waals surface area contributed by atoms with Crippen LogP contribution in [0.3, 0.4) is 0 Å². The third kappa shape index (κ3) is 6.77. The maximum atomic E-state index is 11.5. The summed E-state index contributed by atoms with van der Waals surface area (Å²) in [6.07, 6.45) is -2.24. The van der Waals surface area contributed by atoms with Crippen molar-refractivity contribution in [3.8, 4) is 0 Å². The average molecular weight is 374 g/mol. The van der Waals surface area contributed by atoms with Gasteiger partial charge in [0.25, 0.3) is 0 Å². The maximum absolute atomic E-state index is 11.5. The average Bonchev–Trinajstić information content (AvgIpc) is 2.44. The first kappa shape index (κ1) is 18.9. The van der Waals surface area contributed by atoms with Gasteiger partial charge in [0.15, 0.2) is 0 Å². The number of aliphatic hydroxyl groups is 2. The lowest BCUT2D eigenvalue weighted by Gasteiger charge is -2.21. The summed E-state index contributed by atoms with van der Waals surface area (Å²) in [5, 5.41) is 23.4. The van der Waals surface area contributed by atoms with Crippen LogP contribution in [0.15, 0.2) is 24.3 Å². The molecule has 0 saturated heterocycles. The van der Waals surface area contributed by atoms with Crippen LogP contribution in [-0.2, 0) is 10.1 Å². The second-order valence-electron chi connectivity index (χ2n) is 6.11. The van der Waals surface area contributed by atoms with E-state index in [1.165, 1.54) is 0 Å². The minimum Gasteiger partial charge on any atom is -0.444 e. The number of hydrogen-bond acceptors (Lipinski definition) is 4. The Bertz CT molecular complexity index is 487. The van der Waals surface area contributed by atoms with Gasteiger partial charge in [0, 0.05) is 11.9 Å². The second kappa shape index (κ2) is 8.50. The van der Waals surface area contributed by atoms with Crippen molar-refractivity contribution in [2.24, 2.45) is 0 Å². The molecular formula is C16H24BrNO4. The molecule has 5 nitrogen and oxygen atoms in total. The fourth-order valence-electron chi connectivity index (χ4n) is 1.88. The van der Waals surface area contributed by atoms with E-state index in [1.807, 2.05) is 18.2 Å². The maximum Gasteiger partial charge on any atom is 0.407 e. The van der Waals surface area contributed by atoms with Crippen LogP contribution >= 0.6 is 15.9 Å². The normalized spacial score (nSPS) is 14.3. The molecule has 2 atom stereocenters. The fourth-order valence-corrected chi connectivity index (χ4v) is 2.23. The molecule has 0 aliphatic heterocycles. The summed E-state index contributed by atoms with van der Waals surface area (Å²) in [4.78, 5) is 11.5. The second-order valence-corrected chi connectivity index (χ2v) is 6.67. The zero-order valence-corrected chi connectivity index (χ0v) is 14.8. The molecule has 0 aliphatic carbocycles. The number of hydrogen-bond donors (Lipinski definition) is 3. The monoisotopic (exact) mass is 373 g/mol. The van der Waals surface area contributed by atoms with Crippen molar-refractivity contribution in [1.29, 1.82) is 0 Å². The van der Waals surface area contributed by atoms with E-state index in [2.05, 4.69) is 21.2 Å². The van der Waals surface area contributed by atoms with Crippen LogP contribution in [0.4, 0.5) is 4.79 Å². The van der Waals surface area contributed by atoms with Gasteiger partial charge in [0.05, 0.1) is 6.10 Å². The smallest absolute Gasteiger partial charge is 0.407 e. The van der Waals surface area contributed by atoms with Crippen LogP contribution in [0.1, 0.15) is 44.4 Å². The van der Waals surface area contributed by atoms with Crippen molar-refractivity contribution in [3.05, 3.63) is 35.4 Å². The molecule has 3 N–H and O–H groups in total. The predicted molar refractivity (Wildman–Crippen MR) is 88.9 cm³/mol. The summed E-state index contributed by atoms with van der Waals surface area (Å²) >= 11 is 3.35. The van der Waals surface area contributed by atoms with Crippen molar-refractivity contribution >= 4 is 22.0 Å². The Balaban J connectivity index is 2.44. The first-order chi connectivity index (χ1) is 10.2. The number of amides is 1. The predicted octanol–water partition coefficient (Wildman–Crippen LogP) is 2.89. The third-order valence-electron chi connectivity index (χ3n) is 2.92. The molecule has 124 valence electrons. The Morgan fingerprint density at radius 3 is 2.64 bits per heavy atom. The van der Waals surface area contributed by atoms with Gasteiger partial charge in [-0.2, -0.15) is 0 Å². The molecule has 0 aliphatic rings. The van der Waals surface area contributed by atoms with Crippen molar-refractivity contribution in [2.75, 3.05) is 6.54 Å². The molecule has 6 heteroatoms. The van der Waals surface area contributed by atoms with Crippen LogP contribution in [0.25, 0.3) is 0 Å².